The Morgan fingerprint density at radius 1 is 1.19 bits per heavy atom. The number of hydrogen-bond donors (Lipinski definition) is 1. The fraction of sp³-hybridized carbons (Fsp3) is 0.211. The van der Waals surface area contributed by atoms with Crippen molar-refractivity contribution in [2.24, 2.45) is 0 Å². The molecule has 1 aromatic carbocycles. The summed E-state index contributed by atoms with van der Waals surface area (Å²) in [5, 5.41) is 5.28. The molecule has 0 bridgehead atoms. The van der Waals surface area contributed by atoms with E-state index in [1.807, 2.05) is 31.4 Å². The molecule has 3 aromatic rings. The summed E-state index contributed by atoms with van der Waals surface area (Å²) in [6.45, 7) is 4.57. The Hall–Kier alpha value is -2.51. The summed E-state index contributed by atoms with van der Waals surface area (Å²) < 4.78 is 0. The summed E-state index contributed by atoms with van der Waals surface area (Å²) in [6, 6.07) is 10.8. The van der Waals surface area contributed by atoms with E-state index in [9.17, 15) is 9.59 Å². The van der Waals surface area contributed by atoms with Gasteiger partial charge in [-0.3, -0.25) is 14.9 Å². The minimum atomic E-state index is -0.276. The van der Waals surface area contributed by atoms with Crippen LogP contribution in [-0.4, -0.2) is 35.3 Å². The zero-order chi connectivity index (χ0) is 18.7. The number of aromatic nitrogens is 1. The molecule has 0 saturated carbocycles. The molecule has 0 fully saturated rings. The summed E-state index contributed by atoms with van der Waals surface area (Å²) >= 11 is 3.05. The summed E-state index contributed by atoms with van der Waals surface area (Å²) in [7, 11) is 1.73. The van der Waals surface area contributed by atoms with Crippen LogP contribution in [0.15, 0.2) is 41.8 Å². The van der Waals surface area contributed by atoms with E-state index in [4.69, 9.17) is 0 Å². The highest BCUT2D eigenvalue weighted by Gasteiger charge is 2.14. The lowest BCUT2D eigenvalue weighted by Gasteiger charge is -2.14. The average Bonchev–Trinajstić information content (AvgIpc) is 3.29. The van der Waals surface area contributed by atoms with E-state index in [0.717, 1.165) is 10.6 Å². The van der Waals surface area contributed by atoms with Crippen LogP contribution in [0.1, 0.15) is 32.5 Å². The summed E-state index contributed by atoms with van der Waals surface area (Å²) in [4.78, 5) is 33.1. The van der Waals surface area contributed by atoms with Crippen LogP contribution in [0.3, 0.4) is 0 Å². The fourth-order valence-electron chi connectivity index (χ4n) is 2.34. The van der Waals surface area contributed by atoms with Gasteiger partial charge in [0.05, 0.1) is 10.6 Å². The zero-order valence-electron chi connectivity index (χ0n) is 14.8. The molecule has 3 rings (SSSR count). The molecule has 2 amide bonds. The third-order valence-corrected chi connectivity index (χ3v) is 5.69. The lowest BCUT2D eigenvalue weighted by atomic mass is 10.1. The molecule has 0 saturated heterocycles. The van der Waals surface area contributed by atoms with E-state index in [1.54, 1.807) is 47.5 Å². The number of rotatable bonds is 5. The molecule has 7 heteroatoms. The fourth-order valence-corrected chi connectivity index (χ4v) is 3.95. The Balaban J connectivity index is 1.74. The minimum Gasteiger partial charge on any atom is -0.342 e. The molecule has 134 valence electrons. The first-order valence-corrected chi connectivity index (χ1v) is 9.86. The SMILES string of the molecule is CCN(C)C(=O)c1cccc(C(=O)Nc2nc(-c3ccc(C)s3)cs2)c1. The van der Waals surface area contributed by atoms with Crippen molar-refractivity contribution in [3.8, 4) is 10.6 Å². The Bertz CT molecular complexity index is 946. The lowest BCUT2D eigenvalue weighted by molar-refractivity contribution is 0.0802. The van der Waals surface area contributed by atoms with Crippen LogP contribution >= 0.6 is 22.7 Å². The van der Waals surface area contributed by atoms with Crippen molar-refractivity contribution in [1.82, 2.24) is 9.88 Å². The number of aryl methyl sites for hydroxylation is 1. The Morgan fingerprint density at radius 2 is 1.96 bits per heavy atom. The standard InChI is InChI=1S/C19H19N3O2S2/c1-4-22(3)18(24)14-7-5-6-13(10-14)17(23)21-19-20-15(11-25-19)16-9-8-12(2)26-16/h5-11H,4H2,1-3H3,(H,20,21,23). The number of thiophene rings is 1. The number of nitrogens with one attached hydrogen (secondary N) is 1. The summed E-state index contributed by atoms with van der Waals surface area (Å²) in [5.41, 5.74) is 1.79. The number of carbonyl (C=O) groups excluding carboxylic acids is 2. The van der Waals surface area contributed by atoms with Crippen molar-refractivity contribution < 1.29 is 9.59 Å². The van der Waals surface area contributed by atoms with Gasteiger partial charge in [0, 0.05) is 35.0 Å². The van der Waals surface area contributed by atoms with Gasteiger partial charge in [0.25, 0.3) is 11.8 Å². The lowest BCUT2D eigenvalue weighted by Crippen LogP contribution is -2.26. The first-order chi connectivity index (χ1) is 12.5. The van der Waals surface area contributed by atoms with Gasteiger partial charge in [-0.1, -0.05) is 6.07 Å². The molecule has 0 unspecified atom stereocenters. The van der Waals surface area contributed by atoms with Gasteiger partial charge in [-0.15, -0.1) is 22.7 Å². The number of carbonyl (C=O) groups is 2. The van der Waals surface area contributed by atoms with Crippen molar-refractivity contribution in [3.05, 3.63) is 57.8 Å². The van der Waals surface area contributed by atoms with Crippen LogP contribution in [0.5, 0.6) is 0 Å². The minimum absolute atomic E-state index is 0.105. The second kappa shape index (κ2) is 7.80. The number of anilines is 1. The number of thiazole rings is 1. The topological polar surface area (TPSA) is 62.3 Å². The smallest absolute Gasteiger partial charge is 0.257 e. The molecular formula is C19H19N3O2S2. The Kier molecular flexibility index (Phi) is 5.49. The second-order valence-electron chi connectivity index (χ2n) is 5.80. The van der Waals surface area contributed by atoms with Crippen LogP contribution in [0.25, 0.3) is 10.6 Å². The molecule has 5 nitrogen and oxygen atoms in total. The molecule has 0 aliphatic rings. The van der Waals surface area contributed by atoms with Crippen LogP contribution < -0.4 is 5.32 Å². The highest BCUT2D eigenvalue weighted by molar-refractivity contribution is 7.17. The van der Waals surface area contributed by atoms with Crippen molar-refractivity contribution in [2.45, 2.75) is 13.8 Å². The van der Waals surface area contributed by atoms with Crippen LogP contribution in [-0.2, 0) is 0 Å². The van der Waals surface area contributed by atoms with Crippen molar-refractivity contribution in [2.75, 3.05) is 18.9 Å². The van der Waals surface area contributed by atoms with Gasteiger partial charge in [-0.25, -0.2) is 4.98 Å². The van der Waals surface area contributed by atoms with E-state index >= 15 is 0 Å². The zero-order valence-corrected chi connectivity index (χ0v) is 16.4. The van der Waals surface area contributed by atoms with E-state index in [1.165, 1.54) is 16.2 Å². The van der Waals surface area contributed by atoms with Crippen LogP contribution in [0.4, 0.5) is 5.13 Å². The van der Waals surface area contributed by atoms with E-state index in [2.05, 4.69) is 10.3 Å². The summed E-state index contributed by atoms with van der Waals surface area (Å²) in [6.07, 6.45) is 0. The normalized spacial score (nSPS) is 10.6. The maximum atomic E-state index is 12.5. The van der Waals surface area contributed by atoms with Crippen molar-refractivity contribution in [3.63, 3.8) is 0 Å². The number of nitrogens with zero attached hydrogens (tertiary/aromatic N) is 2. The van der Waals surface area contributed by atoms with Crippen molar-refractivity contribution in [1.29, 1.82) is 0 Å². The molecule has 2 aromatic heterocycles. The van der Waals surface area contributed by atoms with Gasteiger partial charge in [0.2, 0.25) is 0 Å². The van der Waals surface area contributed by atoms with E-state index in [0.29, 0.717) is 22.8 Å². The van der Waals surface area contributed by atoms with E-state index in [-0.39, 0.29) is 11.8 Å². The molecule has 0 aliphatic heterocycles. The molecule has 0 aliphatic carbocycles. The molecule has 0 atom stereocenters. The molecule has 0 radical (unpaired) electrons. The third-order valence-electron chi connectivity index (χ3n) is 3.91. The van der Waals surface area contributed by atoms with Crippen LogP contribution in [0.2, 0.25) is 0 Å². The Morgan fingerprint density at radius 3 is 2.65 bits per heavy atom. The molecule has 26 heavy (non-hydrogen) atoms. The van der Waals surface area contributed by atoms with E-state index < -0.39 is 0 Å². The number of hydrogen-bond acceptors (Lipinski definition) is 5. The van der Waals surface area contributed by atoms with Gasteiger partial charge in [0.1, 0.15) is 0 Å². The predicted molar refractivity (Wildman–Crippen MR) is 107 cm³/mol. The third kappa shape index (κ3) is 4.00. The number of benzene rings is 1. The molecule has 2 heterocycles. The monoisotopic (exact) mass is 385 g/mol. The van der Waals surface area contributed by atoms with Gasteiger partial charge >= 0.3 is 0 Å². The average molecular weight is 386 g/mol. The van der Waals surface area contributed by atoms with Gasteiger partial charge in [-0.2, -0.15) is 0 Å². The molecule has 0 spiro atoms. The highest BCUT2D eigenvalue weighted by atomic mass is 32.1. The maximum absolute atomic E-state index is 12.5. The highest BCUT2D eigenvalue weighted by Crippen LogP contribution is 2.30. The number of amides is 2. The van der Waals surface area contributed by atoms with Gasteiger partial charge < -0.3 is 4.90 Å². The quantitative estimate of drug-likeness (QED) is 0.702. The van der Waals surface area contributed by atoms with Crippen molar-refractivity contribution >= 4 is 39.6 Å². The first kappa shape index (κ1) is 18.3. The Labute approximate surface area is 160 Å². The summed E-state index contributed by atoms with van der Waals surface area (Å²) in [5.74, 6) is -0.381. The van der Waals surface area contributed by atoms with Crippen LogP contribution in [0, 0.1) is 6.92 Å². The van der Waals surface area contributed by atoms with Gasteiger partial charge in [0.15, 0.2) is 5.13 Å². The second-order valence-corrected chi connectivity index (χ2v) is 7.95. The molecule has 1 N–H and O–H groups in total. The molecular weight excluding hydrogens is 366 g/mol. The largest absolute Gasteiger partial charge is 0.342 e. The first-order valence-electron chi connectivity index (χ1n) is 8.17. The maximum Gasteiger partial charge on any atom is 0.257 e. The predicted octanol–water partition coefficient (Wildman–Crippen LogP) is 4.52. The van der Waals surface area contributed by atoms with Gasteiger partial charge in [-0.05, 0) is 44.2 Å².